The van der Waals surface area contributed by atoms with Crippen LogP contribution >= 0.6 is 0 Å². The fourth-order valence-corrected chi connectivity index (χ4v) is 2.43. The van der Waals surface area contributed by atoms with Crippen LogP contribution in [-0.4, -0.2) is 12.7 Å². The Morgan fingerprint density at radius 3 is 1.87 bits per heavy atom. The summed E-state index contributed by atoms with van der Waals surface area (Å²) < 4.78 is 5.56. The van der Waals surface area contributed by atoms with Crippen molar-refractivity contribution < 1.29 is 4.74 Å². The fourth-order valence-electron chi connectivity index (χ4n) is 2.43. The Bertz CT molecular complexity index is 367. The van der Waals surface area contributed by atoms with Gasteiger partial charge in [0.05, 0.1) is 6.10 Å². The summed E-state index contributed by atoms with van der Waals surface area (Å²) in [7, 11) is 0. The Morgan fingerprint density at radius 1 is 0.739 bits per heavy atom. The Hall–Kier alpha value is -0.820. The van der Waals surface area contributed by atoms with Gasteiger partial charge in [-0.3, -0.25) is 0 Å². The SMILES string of the molecule is CC(C)=CCC/C(C)=C/CC/C(C)=C/CCCCCOC(C)C. The van der Waals surface area contributed by atoms with Gasteiger partial charge in [0, 0.05) is 6.61 Å². The molecule has 134 valence electrons. The molecule has 0 radical (unpaired) electrons. The molecule has 1 nitrogen and oxygen atoms in total. The predicted octanol–water partition coefficient (Wildman–Crippen LogP) is 7.39. The van der Waals surface area contributed by atoms with E-state index in [1.54, 1.807) is 0 Å². The maximum Gasteiger partial charge on any atom is 0.0518 e. The van der Waals surface area contributed by atoms with Crippen LogP contribution < -0.4 is 0 Å². The van der Waals surface area contributed by atoms with Crippen LogP contribution in [0.3, 0.4) is 0 Å². The van der Waals surface area contributed by atoms with Gasteiger partial charge in [0.25, 0.3) is 0 Å². The second-order valence-electron chi connectivity index (χ2n) is 7.23. The van der Waals surface area contributed by atoms with E-state index >= 15 is 0 Å². The summed E-state index contributed by atoms with van der Waals surface area (Å²) in [6.07, 6.45) is 17.3. The van der Waals surface area contributed by atoms with Crippen molar-refractivity contribution in [3.05, 3.63) is 34.9 Å². The zero-order valence-electron chi connectivity index (χ0n) is 16.6. The van der Waals surface area contributed by atoms with Crippen molar-refractivity contribution in [2.75, 3.05) is 6.61 Å². The first-order valence-corrected chi connectivity index (χ1v) is 9.48. The van der Waals surface area contributed by atoms with Gasteiger partial charge < -0.3 is 4.74 Å². The lowest BCUT2D eigenvalue weighted by Crippen LogP contribution is -2.03. The van der Waals surface area contributed by atoms with Gasteiger partial charge in [0.1, 0.15) is 0 Å². The third kappa shape index (κ3) is 17.4. The first-order valence-electron chi connectivity index (χ1n) is 9.48. The molecule has 0 heterocycles. The summed E-state index contributed by atoms with van der Waals surface area (Å²) in [5.74, 6) is 0. The summed E-state index contributed by atoms with van der Waals surface area (Å²) in [4.78, 5) is 0. The van der Waals surface area contributed by atoms with E-state index in [4.69, 9.17) is 4.74 Å². The van der Waals surface area contributed by atoms with Crippen LogP contribution in [0.2, 0.25) is 0 Å². The van der Waals surface area contributed by atoms with E-state index in [1.807, 2.05) is 0 Å². The van der Waals surface area contributed by atoms with E-state index < -0.39 is 0 Å². The highest BCUT2D eigenvalue weighted by molar-refractivity contribution is 5.05. The molecule has 0 bridgehead atoms. The molecule has 0 spiro atoms. The highest BCUT2D eigenvalue weighted by atomic mass is 16.5. The molecule has 0 aliphatic carbocycles. The van der Waals surface area contributed by atoms with Crippen LogP contribution in [0.1, 0.15) is 92.9 Å². The van der Waals surface area contributed by atoms with Crippen molar-refractivity contribution in [1.29, 1.82) is 0 Å². The Balaban J connectivity index is 3.67. The smallest absolute Gasteiger partial charge is 0.0518 e. The van der Waals surface area contributed by atoms with Crippen LogP contribution in [0.25, 0.3) is 0 Å². The number of ether oxygens (including phenoxy) is 1. The zero-order chi connectivity index (χ0) is 17.5. The second-order valence-corrected chi connectivity index (χ2v) is 7.23. The van der Waals surface area contributed by atoms with Crippen LogP contribution in [-0.2, 0) is 4.74 Å². The lowest BCUT2D eigenvalue weighted by molar-refractivity contribution is 0.0758. The van der Waals surface area contributed by atoms with E-state index in [1.165, 1.54) is 68.1 Å². The highest BCUT2D eigenvalue weighted by Crippen LogP contribution is 2.12. The minimum Gasteiger partial charge on any atom is -0.379 e. The minimum atomic E-state index is 0.371. The molecule has 0 amide bonds. The molecule has 0 unspecified atom stereocenters. The molecular formula is C22H40O. The van der Waals surface area contributed by atoms with E-state index in [2.05, 4.69) is 59.8 Å². The van der Waals surface area contributed by atoms with Crippen LogP contribution in [0, 0.1) is 0 Å². The summed E-state index contributed by atoms with van der Waals surface area (Å²) in [6, 6.07) is 0. The molecule has 0 fully saturated rings. The van der Waals surface area contributed by atoms with Crippen LogP contribution in [0.5, 0.6) is 0 Å². The average molecular weight is 321 g/mol. The monoisotopic (exact) mass is 320 g/mol. The van der Waals surface area contributed by atoms with E-state index in [0.717, 1.165) is 6.61 Å². The van der Waals surface area contributed by atoms with Crippen LogP contribution in [0.4, 0.5) is 0 Å². The molecular weight excluding hydrogens is 280 g/mol. The molecule has 0 rings (SSSR count). The molecule has 0 saturated carbocycles. The van der Waals surface area contributed by atoms with Crippen LogP contribution in [0.15, 0.2) is 34.9 Å². The van der Waals surface area contributed by atoms with Gasteiger partial charge in [-0.2, -0.15) is 0 Å². The van der Waals surface area contributed by atoms with Crippen molar-refractivity contribution in [3.8, 4) is 0 Å². The van der Waals surface area contributed by atoms with Crippen molar-refractivity contribution in [1.82, 2.24) is 0 Å². The topological polar surface area (TPSA) is 9.23 Å². The summed E-state index contributed by atoms with van der Waals surface area (Å²) >= 11 is 0. The second kappa shape index (κ2) is 14.8. The summed E-state index contributed by atoms with van der Waals surface area (Å²) in [6.45, 7) is 14.0. The normalized spacial score (nSPS) is 12.8. The van der Waals surface area contributed by atoms with E-state index in [-0.39, 0.29) is 0 Å². The van der Waals surface area contributed by atoms with Gasteiger partial charge >= 0.3 is 0 Å². The largest absolute Gasteiger partial charge is 0.379 e. The predicted molar refractivity (Wildman–Crippen MR) is 105 cm³/mol. The minimum absolute atomic E-state index is 0.371. The van der Waals surface area contributed by atoms with E-state index in [9.17, 15) is 0 Å². The number of allylic oxidation sites excluding steroid dienone is 6. The van der Waals surface area contributed by atoms with Crippen molar-refractivity contribution in [2.45, 2.75) is 99.0 Å². The Labute approximate surface area is 145 Å². The third-order valence-corrected chi connectivity index (χ3v) is 3.92. The summed E-state index contributed by atoms with van der Waals surface area (Å²) in [5, 5.41) is 0. The Morgan fingerprint density at radius 2 is 1.30 bits per heavy atom. The van der Waals surface area contributed by atoms with Gasteiger partial charge in [0.2, 0.25) is 0 Å². The quantitative estimate of drug-likeness (QED) is 0.254. The summed E-state index contributed by atoms with van der Waals surface area (Å²) in [5.41, 5.74) is 4.49. The molecule has 0 aromatic heterocycles. The first kappa shape index (κ1) is 22.2. The average Bonchev–Trinajstić information content (AvgIpc) is 2.45. The molecule has 0 aliphatic rings. The number of hydrogen-bond acceptors (Lipinski definition) is 1. The Kier molecular flexibility index (Phi) is 14.2. The molecule has 0 aliphatic heterocycles. The number of unbranched alkanes of at least 4 members (excludes halogenated alkanes) is 3. The molecule has 23 heavy (non-hydrogen) atoms. The van der Waals surface area contributed by atoms with Crippen molar-refractivity contribution in [2.24, 2.45) is 0 Å². The van der Waals surface area contributed by atoms with Crippen molar-refractivity contribution >= 4 is 0 Å². The van der Waals surface area contributed by atoms with Gasteiger partial charge in [-0.1, -0.05) is 41.4 Å². The third-order valence-electron chi connectivity index (χ3n) is 3.92. The van der Waals surface area contributed by atoms with Gasteiger partial charge in [0.15, 0.2) is 0 Å². The molecule has 0 aromatic carbocycles. The van der Waals surface area contributed by atoms with Gasteiger partial charge in [-0.05, 0) is 86.5 Å². The highest BCUT2D eigenvalue weighted by Gasteiger charge is 1.94. The van der Waals surface area contributed by atoms with E-state index in [0.29, 0.717) is 6.10 Å². The fraction of sp³-hybridized carbons (Fsp3) is 0.727. The lowest BCUT2D eigenvalue weighted by Gasteiger charge is -2.06. The standard InChI is InChI=1S/C22H40O/c1-19(2)13-11-15-22(6)17-12-16-21(5)14-9-7-8-10-18-23-20(3)4/h13-14,17,20H,7-12,15-16,18H2,1-6H3/b21-14+,22-17+. The molecule has 0 atom stereocenters. The first-order chi connectivity index (χ1) is 10.9. The van der Waals surface area contributed by atoms with Gasteiger partial charge in [-0.15, -0.1) is 0 Å². The maximum absolute atomic E-state index is 5.56. The lowest BCUT2D eigenvalue weighted by atomic mass is 10.1. The zero-order valence-corrected chi connectivity index (χ0v) is 16.6. The maximum atomic E-state index is 5.56. The number of rotatable bonds is 13. The molecule has 0 saturated heterocycles. The number of hydrogen-bond donors (Lipinski definition) is 0. The molecule has 0 aromatic rings. The van der Waals surface area contributed by atoms with Crippen molar-refractivity contribution in [3.63, 3.8) is 0 Å². The van der Waals surface area contributed by atoms with Gasteiger partial charge in [-0.25, -0.2) is 0 Å². The molecule has 1 heteroatoms. The molecule has 0 N–H and O–H groups in total.